The van der Waals surface area contributed by atoms with Crippen LogP contribution in [0.1, 0.15) is 60.6 Å². The van der Waals surface area contributed by atoms with Crippen molar-refractivity contribution in [2.75, 3.05) is 38.1 Å². The van der Waals surface area contributed by atoms with Gasteiger partial charge in [0.15, 0.2) is 0 Å². The molecule has 0 radical (unpaired) electrons. The van der Waals surface area contributed by atoms with Crippen LogP contribution < -0.4 is 15.4 Å². The molecule has 1 aliphatic carbocycles. The van der Waals surface area contributed by atoms with Crippen LogP contribution in [-0.2, 0) is 0 Å². The number of carbonyl (C=O) groups is 1. The van der Waals surface area contributed by atoms with Gasteiger partial charge in [-0.15, -0.1) is 0 Å². The summed E-state index contributed by atoms with van der Waals surface area (Å²) in [6, 6.07) is 14.8. The number of carbonyl (C=O) groups excluding carboxylic acids is 1. The number of likely N-dealkylation sites (N-methyl/N-ethyl adjacent to an activating group) is 1. The van der Waals surface area contributed by atoms with Gasteiger partial charge in [0.25, 0.3) is 5.91 Å². The zero-order valence-electron chi connectivity index (χ0n) is 19.4. The maximum absolute atomic E-state index is 12.8. The van der Waals surface area contributed by atoms with E-state index in [1.165, 1.54) is 11.1 Å². The first kappa shape index (κ1) is 22.4. The molecule has 3 atom stereocenters. The Morgan fingerprint density at radius 1 is 1.12 bits per heavy atom. The van der Waals surface area contributed by atoms with Gasteiger partial charge in [0, 0.05) is 30.3 Å². The second-order valence-corrected chi connectivity index (χ2v) is 8.56. The third kappa shape index (κ3) is 4.68. The van der Waals surface area contributed by atoms with Gasteiger partial charge in [-0.1, -0.05) is 38.1 Å². The van der Waals surface area contributed by atoms with Crippen molar-refractivity contribution in [1.29, 1.82) is 0 Å². The van der Waals surface area contributed by atoms with Gasteiger partial charge in [0.2, 0.25) is 0 Å². The molecular formula is C27H35N3O2. The number of hydrogen-bond acceptors (Lipinski definition) is 4. The molecule has 0 spiro atoms. The summed E-state index contributed by atoms with van der Waals surface area (Å²) in [6.07, 6.45) is 5.63. The van der Waals surface area contributed by atoms with E-state index in [9.17, 15) is 4.79 Å². The molecule has 5 heteroatoms. The molecule has 3 unspecified atom stereocenters. The van der Waals surface area contributed by atoms with Crippen LogP contribution in [0.2, 0.25) is 0 Å². The topological polar surface area (TPSA) is 53.6 Å². The summed E-state index contributed by atoms with van der Waals surface area (Å²) in [6.45, 7) is 10.5. The lowest BCUT2D eigenvalue weighted by atomic mass is 9.76. The summed E-state index contributed by atoms with van der Waals surface area (Å²) in [5.74, 6) is 1.69. The van der Waals surface area contributed by atoms with Crippen molar-refractivity contribution >= 4 is 11.6 Å². The molecule has 2 aliphatic rings. The molecule has 1 aliphatic heterocycles. The molecular weight excluding hydrogens is 398 g/mol. The quantitative estimate of drug-likeness (QED) is 0.548. The molecule has 5 nitrogen and oxygen atoms in total. The number of allylic oxidation sites excluding steroid dienone is 2. The van der Waals surface area contributed by atoms with Crippen molar-refractivity contribution in [2.45, 2.75) is 39.2 Å². The number of nitrogens with zero attached hydrogens (tertiary/aromatic N) is 1. The van der Waals surface area contributed by atoms with E-state index in [0.29, 0.717) is 25.0 Å². The summed E-state index contributed by atoms with van der Waals surface area (Å²) in [7, 11) is 0. The maximum Gasteiger partial charge on any atom is 0.251 e. The van der Waals surface area contributed by atoms with E-state index >= 15 is 0 Å². The highest BCUT2D eigenvalue weighted by atomic mass is 16.5. The van der Waals surface area contributed by atoms with Gasteiger partial charge in [-0.05, 0) is 73.8 Å². The Morgan fingerprint density at radius 2 is 1.91 bits per heavy atom. The van der Waals surface area contributed by atoms with Gasteiger partial charge in [0.1, 0.15) is 5.75 Å². The fourth-order valence-electron chi connectivity index (χ4n) is 4.97. The molecule has 2 aromatic rings. The Bertz CT molecular complexity index is 950. The Kier molecular flexibility index (Phi) is 7.15. The molecule has 2 aromatic carbocycles. The normalized spacial score (nSPS) is 21.1. The Balaban J connectivity index is 1.50. The number of hydrogen-bond donors (Lipinski definition) is 2. The van der Waals surface area contributed by atoms with Crippen molar-refractivity contribution in [1.82, 2.24) is 10.2 Å². The summed E-state index contributed by atoms with van der Waals surface area (Å²) in [5.41, 5.74) is 4.36. The van der Waals surface area contributed by atoms with Crippen molar-refractivity contribution in [3.8, 4) is 5.75 Å². The van der Waals surface area contributed by atoms with E-state index in [2.05, 4.69) is 77.9 Å². The largest absolute Gasteiger partial charge is 0.494 e. The average Bonchev–Trinajstić information content (AvgIpc) is 3.32. The van der Waals surface area contributed by atoms with Gasteiger partial charge < -0.3 is 20.3 Å². The highest BCUT2D eigenvalue weighted by Crippen LogP contribution is 2.50. The van der Waals surface area contributed by atoms with E-state index in [1.807, 2.05) is 13.0 Å². The van der Waals surface area contributed by atoms with Crippen LogP contribution in [0, 0.1) is 5.92 Å². The lowest BCUT2D eigenvalue weighted by Gasteiger charge is -2.37. The van der Waals surface area contributed by atoms with Gasteiger partial charge in [0.05, 0.1) is 12.6 Å². The maximum atomic E-state index is 12.8. The monoisotopic (exact) mass is 433 g/mol. The van der Waals surface area contributed by atoms with E-state index in [1.54, 1.807) is 0 Å². The van der Waals surface area contributed by atoms with E-state index in [-0.39, 0.29) is 11.9 Å². The molecule has 32 heavy (non-hydrogen) atoms. The van der Waals surface area contributed by atoms with E-state index < -0.39 is 0 Å². The molecule has 0 bridgehead atoms. The highest BCUT2D eigenvalue weighted by Gasteiger charge is 2.38. The number of fused-ring (bicyclic) bond motifs is 3. The van der Waals surface area contributed by atoms with Crippen LogP contribution in [0.25, 0.3) is 0 Å². The minimum absolute atomic E-state index is 0.00659. The lowest BCUT2D eigenvalue weighted by molar-refractivity contribution is 0.0948. The van der Waals surface area contributed by atoms with Crippen LogP contribution in [0.3, 0.4) is 0 Å². The Hall–Kier alpha value is -2.79. The van der Waals surface area contributed by atoms with Crippen LogP contribution in [-0.4, -0.2) is 43.6 Å². The fraction of sp³-hybridized carbons (Fsp3) is 0.444. The van der Waals surface area contributed by atoms with Gasteiger partial charge in [-0.2, -0.15) is 0 Å². The van der Waals surface area contributed by atoms with E-state index in [0.717, 1.165) is 43.1 Å². The predicted molar refractivity (Wildman–Crippen MR) is 131 cm³/mol. The average molecular weight is 434 g/mol. The minimum Gasteiger partial charge on any atom is -0.494 e. The minimum atomic E-state index is 0.00659. The number of benzene rings is 2. The fourth-order valence-corrected chi connectivity index (χ4v) is 4.97. The standard InChI is InChI=1S/C27H35N3O2/c1-4-30(5-2)17-16-28-27(31)20-12-15-25-24(18-20)22-8-7-9-23(22)26(29-25)19-10-13-21(14-11-19)32-6-3/h7-8,10-15,18,22-23,26,29H,4-6,9,16-17H2,1-3H3,(H,28,31). The summed E-state index contributed by atoms with van der Waals surface area (Å²) >= 11 is 0. The summed E-state index contributed by atoms with van der Waals surface area (Å²) < 4.78 is 5.61. The van der Waals surface area contributed by atoms with Crippen LogP contribution >= 0.6 is 0 Å². The van der Waals surface area contributed by atoms with Crippen molar-refractivity contribution in [3.05, 3.63) is 71.3 Å². The zero-order valence-corrected chi connectivity index (χ0v) is 19.4. The zero-order chi connectivity index (χ0) is 22.5. The van der Waals surface area contributed by atoms with Gasteiger partial charge in [-0.25, -0.2) is 0 Å². The van der Waals surface area contributed by atoms with Crippen LogP contribution in [0.5, 0.6) is 5.75 Å². The first-order chi connectivity index (χ1) is 15.6. The molecule has 1 amide bonds. The number of amides is 1. The Morgan fingerprint density at radius 3 is 2.62 bits per heavy atom. The molecule has 2 N–H and O–H groups in total. The smallest absolute Gasteiger partial charge is 0.251 e. The number of nitrogens with one attached hydrogen (secondary N) is 2. The van der Waals surface area contributed by atoms with Crippen molar-refractivity contribution in [3.63, 3.8) is 0 Å². The molecule has 0 aromatic heterocycles. The number of anilines is 1. The SMILES string of the molecule is CCOc1ccc(C2Nc3ccc(C(=O)NCCN(CC)CC)cc3C3C=CCC32)cc1. The highest BCUT2D eigenvalue weighted by molar-refractivity contribution is 5.95. The number of ether oxygens (including phenoxy) is 1. The third-order valence-electron chi connectivity index (χ3n) is 6.78. The number of rotatable bonds is 9. The predicted octanol–water partition coefficient (Wildman–Crippen LogP) is 4.98. The molecule has 4 rings (SSSR count). The van der Waals surface area contributed by atoms with Crippen LogP contribution in [0.4, 0.5) is 5.69 Å². The second kappa shape index (κ2) is 10.2. The summed E-state index contributed by atoms with van der Waals surface area (Å²) in [5, 5.41) is 6.84. The molecule has 0 fully saturated rings. The van der Waals surface area contributed by atoms with E-state index in [4.69, 9.17) is 4.74 Å². The lowest BCUT2D eigenvalue weighted by Crippen LogP contribution is -2.35. The van der Waals surface area contributed by atoms with Gasteiger partial charge >= 0.3 is 0 Å². The molecule has 1 heterocycles. The van der Waals surface area contributed by atoms with Crippen LogP contribution in [0.15, 0.2) is 54.6 Å². The van der Waals surface area contributed by atoms with Crippen molar-refractivity contribution in [2.24, 2.45) is 5.92 Å². The summed E-state index contributed by atoms with van der Waals surface area (Å²) in [4.78, 5) is 15.1. The van der Waals surface area contributed by atoms with Gasteiger partial charge in [-0.3, -0.25) is 4.79 Å². The van der Waals surface area contributed by atoms with Crippen molar-refractivity contribution < 1.29 is 9.53 Å². The molecule has 0 saturated carbocycles. The first-order valence-corrected chi connectivity index (χ1v) is 11.9. The molecule has 0 saturated heterocycles. The Labute approximate surface area is 191 Å². The third-order valence-corrected chi connectivity index (χ3v) is 6.78. The second-order valence-electron chi connectivity index (χ2n) is 8.56. The first-order valence-electron chi connectivity index (χ1n) is 11.9. The molecule has 170 valence electrons.